The minimum absolute atomic E-state index is 0.252. The molecule has 1 atom stereocenters. The fourth-order valence-electron chi connectivity index (χ4n) is 2.99. The first-order chi connectivity index (χ1) is 11.3. The average molecular weight is 330 g/mol. The fraction of sp³-hybridized carbons (Fsp3) is 0.188. The number of aromatic amines is 1. The van der Waals surface area contributed by atoms with Gasteiger partial charge in [-0.15, -0.1) is 0 Å². The molecule has 1 aliphatic heterocycles. The summed E-state index contributed by atoms with van der Waals surface area (Å²) in [6.45, 7) is 0. The molecule has 1 unspecified atom stereocenters. The Morgan fingerprint density at radius 2 is 1.79 bits per heavy atom. The minimum atomic E-state index is -1.85. The van der Waals surface area contributed by atoms with Gasteiger partial charge >= 0.3 is 17.9 Å². The van der Waals surface area contributed by atoms with Crippen LogP contribution in [0.1, 0.15) is 24.1 Å². The number of carboxylic acid groups (broad SMARTS) is 3. The second kappa shape index (κ2) is 5.41. The summed E-state index contributed by atoms with van der Waals surface area (Å²) in [5.41, 5.74) is -0.806. The molecule has 124 valence electrons. The molecule has 0 radical (unpaired) electrons. The van der Waals surface area contributed by atoms with Crippen LogP contribution in [-0.4, -0.2) is 38.2 Å². The van der Waals surface area contributed by atoms with Gasteiger partial charge in [-0.1, -0.05) is 18.2 Å². The van der Waals surface area contributed by atoms with Gasteiger partial charge in [0, 0.05) is 22.9 Å². The van der Waals surface area contributed by atoms with Gasteiger partial charge in [0.15, 0.2) is 5.54 Å². The summed E-state index contributed by atoms with van der Waals surface area (Å²) in [6.07, 6.45) is 0.627. The monoisotopic (exact) mass is 330 g/mol. The third kappa shape index (κ3) is 2.28. The standard InChI is InChI=1S/C16H14N2O6/c19-12(20)5-6-16(15(23)24)13-9(7-11(18-16)14(21)22)8-3-1-2-4-10(8)17-13/h1-4,7,17-18H,5-6H2,(H,19,20)(H,21,22)(H,23,24). The highest BCUT2D eigenvalue weighted by Gasteiger charge is 2.47. The highest BCUT2D eigenvalue weighted by molar-refractivity contribution is 6.02. The van der Waals surface area contributed by atoms with Gasteiger partial charge in [0.2, 0.25) is 0 Å². The van der Waals surface area contributed by atoms with Crippen LogP contribution in [0, 0.1) is 0 Å². The smallest absolute Gasteiger partial charge is 0.352 e. The van der Waals surface area contributed by atoms with Crippen LogP contribution in [0.25, 0.3) is 17.0 Å². The highest BCUT2D eigenvalue weighted by Crippen LogP contribution is 2.39. The molecule has 2 heterocycles. The van der Waals surface area contributed by atoms with E-state index in [0.29, 0.717) is 16.5 Å². The molecule has 1 aromatic heterocycles. The zero-order valence-electron chi connectivity index (χ0n) is 12.4. The van der Waals surface area contributed by atoms with Crippen LogP contribution in [0.5, 0.6) is 0 Å². The Labute approximate surface area is 135 Å². The van der Waals surface area contributed by atoms with E-state index < -0.39 is 29.9 Å². The first-order valence-electron chi connectivity index (χ1n) is 7.15. The molecule has 24 heavy (non-hydrogen) atoms. The molecule has 0 bridgehead atoms. The summed E-state index contributed by atoms with van der Waals surface area (Å²) in [7, 11) is 0. The van der Waals surface area contributed by atoms with Crippen molar-refractivity contribution < 1.29 is 29.7 Å². The van der Waals surface area contributed by atoms with Gasteiger partial charge in [0.1, 0.15) is 5.70 Å². The number of aromatic nitrogens is 1. The van der Waals surface area contributed by atoms with E-state index in [9.17, 15) is 24.6 Å². The van der Waals surface area contributed by atoms with Crippen LogP contribution in [0.3, 0.4) is 0 Å². The lowest BCUT2D eigenvalue weighted by molar-refractivity contribution is -0.146. The molecule has 0 saturated heterocycles. The number of carboxylic acids is 3. The second-order valence-corrected chi connectivity index (χ2v) is 5.55. The molecule has 0 saturated carbocycles. The van der Waals surface area contributed by atoms with E-state index in [4.69, 9.17) is 5.11 Å². The number of H-pyrrole nitrogens is 1. The lowest BCUT2D eigenvalue weighted by Gasteiger charge is -2.34. The van der Waals surface area contributed by atoms with E-state index in [1.165, 1.54) is 6.08 Å². The Balaban J connectivity index is 2.28. The maximum atomic E-state index is 12.0. The van der Waals surface area contributed by atoms with Crippen molar-refractivity contribution in [1.29, 1.82) is 0 Å². The molecule has 3 rings (SSSR count). The molecule has 0 fully saturated rings. The predicted molar refractivity (Wildman–Crippen MR) is 83.2 cm³/mol. The molecule has 2 aromatic rings. The second-order valence-electron chi connectivity index (χ2n) is 5.55. The van der Waals surface area contributed by atoms with E-state index in [2.05, 4.69) is 10.3 Å². The van der Waals surface area contributed by atoms with E-state index in [-0.39, 0.29) is 17.8 Å². The zero-order valence-corrected chi connectivity index (χ0v) is 12.4. The number of para-hydroxylation sites is 1. The van der Waals surface area contributed by atoms with Gasteiger partial charge in [-0.05, 0) is 18.6 Å². The van der Waals surface area contributed by atoms with E-state index in [1.54, 1.807) is 24.3 Å². The Bertz CT molecular complexity index is 897. The predicted octanol–water partition coefficient (Wildman–Crippen LogP) is 1.34. The van der Waals surface area contributed by atoms with Gasteiger partial charge < -0.3 is 25.6 Å². The molecular formula is C16H14N2O6. The number of hydrogen-bond acceptors (Lipinski definition) is 4. The first kappa shape index (κ1) is 15.6. The average Bonchev–Trinajstić information content (AvgIpc) is 2.91. The number of nitrogens with one attached hydrogen (secondary N) is 2. The molecule has 0 spiro atoms. The number of benzene rings is 1. The van der Waals surface area contributed by atoms with Crippen molar-refractivity contribution in [2.45, 2.75) is 18.4 Å². The maximum Gasteiger partial charge on any atom is 0.352 e. The Morgan fingerprint density at radius 1 is 1.08 bits per heavy atom. The highest BCUT2D eigenvalue weighted by atomic mass is 16.4. The SMILES string of the molecule is O=C(O)CCC1(C(=O)O)NC(C(=O)O)=Cc2c1[nH]c1ccccc21. The quantitative estimate of drug-likeness (QED) is 0.557. The van der Waals surface area contributed by atoms with Crippen LogP contribution in [-0.2, 0) is 19.9 Å². The van der Waals surface area contributed by atoms with Crippen LogP contribution in [0.4, 0.5) is 0 Å². The molecule has 0 amide bonds. The third-order valence-electron chi connectivity index (χ3n) is 4.12. The van der Waals surface area contributed by atoms with Crippen molar-refractivity contribution in [3.63, 3.8) is 0 Å². The van der Waals surface area contributed by atoms with Gasteiger partial charge in [-0.25, -0.2) is 9.59 Å². The van der Waals surface area contributed by atoms with E-state index >= 15 is 0 Å². The topological polar surface area (TPSA) is 140 Å². The molecule has 1 aliphatic rings. The van der Waals surface area contributed by atoms with Crippen LogP contribution in [0.15, 0.2) is 30.0 Å². The molecule has 8 nitrogen and oxygen atoms in total. The third-order valence-corrected chi connectivity index (χ3v) is 4.12. The first-order valence-corrected chi connectivity index (χ1v) is 7.15. The van der Waals surface area contributed by atoms with E-state index in [1.807, 2.05) is 0 Å². The molecular weight excluding hydrogens is 316 g/mol. The van der Waals surface area contributed by atoms with Gasteiger partial charge in [-0.3, -0.25) is 4.79 Å². The molecule has 5 N–H and O–H groups in total. The van der Waals surface area contributed by atoms with Crippen LogP contribution >= 0.6 is 0 Å². The molecule has 8 heteroatoms. The van der Waals surface area contributed by atoms with Crippen molar-refractivity contribution >= 4 is 34.9 Å². The van der Waals surface area contributed by atoms with Crippen LogP contribution in [0.2, 0.25) is 0 Å². The van der Waals surface area contributed by atoms with Crippen molar-refractivity contribution in [3.05, 3.63) is 41.2 Å². The molecule has 0 aliphatic carbocycles. The van der Waals surface area contributed by atoms with Gasteiger partial charge in [0.25, 0.3) is 0 Å². The van der Waals surface area contributed by atoms with Crippen molar-refractivity contribution in [2.24, 2.45) is 0 Å². The van der Waals surface area contributed by atoms with Crippen molar-refractivity contribution in [3.8, 4) is 0 Å². The Hall–Kier alpha value is -3.29. The van der Waals surface area contributed by atoms with Crippen molar-refractivity contribution in [1.82, 2.24) is 10.3 Å². The number of aliphatic carboxylic acids is 3. The lowest BCUT2D eigenvalue weighted by Crippen LogP contribution is -2.52. The summed E-state index contributed by atoms with van der Waals surface area (Å²) < 4.78 is 0. The zero-order chi connectivity index (χ0) is 17.5. The summed E-state index contributed by atoms with van der Waals surface area (Å²) in [4.78, 5) is 37.4. The van der Waals surface area contributed by atoms with Crippen molar-refractivity contribution in [2.75, 3.05) is 0 Å². The summed E-state index contributed by atoms with van der Waals surface area (Å²) in [5, 5.41) is 31.2. The van der Waals surface area contributed by atoms with Gasteiger partial charge in [0.05, 0.1) is 5.69 Å². The fourth-order valence-corrected chi connectivity index (χ4v) is 2.99. The summed E-state index contributed by atoms with van der Waals surface area (Å²) in [5.74, 6) is -3.82. The normalized spacial score (nSPS) is 19.2. The number of rotatable bonds is 5. The maximum absolute atomic E-state index is 12.0. The minimum Gasteiger partial charge on any atom is -0.481 e. The lowest BCUT2D eigenvalue weighted by atomic mass is 9.83. The van der Waals surface area contributed by atoms with Crippen LogP contribution < -0.4 is 5.32 Å². The summed E-state index contributed by atoms with van der Waals surface area (Å²) >= 11 is 0. The Morgan fingerprint density at radius 3 is 2.42 bits per heavy atom. The Kier molecular flexibility index (Phi) is 3.52. The largest absolute Gasteiger partial charge is 0.481 e. The number of fused-ring (bicyclic) bond motifs is 3. The van der Waals surface area contributed by atoms with E-state index in [0.717, 1.165) is 0 Å². The molecule has 1 aromatic carbocycles. The van der Waals surface area contributed by atoms with Gasteiger partial charge in [-0.2, -0.15) is 0 Å². The number of carbonyl (C=O) groups is 3. The number of hydrogen-bond donors (Lipinski definition) is 5. The summed E-state index contributed by atoms with van der Waals surface area (Å²) in [6, 6.07) is 7.01.